The van der Waals surface area contributed by atoms with Gasteiger partial charge < -0.3 is 10.6 Å². The Bertz CT molecular complexity index is 1020. The van der Waals surface area contributed by atoms with Gasteiger partial charge >= 0.3 is 0 Å². The van der Waals surface area contributed by atoms with Crippen LogP contribution in [0.25, 0.3) is 21.3 Å². The van der Waals surface area contributed by atoms with Gasteiger partial charge in [-0.2, -0.15) is 0 Å². The van der Waals surface area contributed by atoms with E-state index in [4.69, 9.17) is 0 Å². The van der Waals surface area contributed by atoms with Gasteiger partial charge in [0.1, 0.15) is 4.83 Å². The number of rotatable bonds is 5. The van der Waals surface area contributed by atoms with Crippen LogP contribution in [0.5, 0.6) is 0 Å². The lowest BCUT2D eigenvalue weighted by atomic mass is 10.1. The minimum atomic E-state index is -0.0906. The van der Waals surface area contributed by atoms with Crippen molar-refractivity contribution in [3.8, 4) is 11.1 Å². The van der Waals surface area contributed by atoms with Crippen molar-refractivity contribution in [3.63, 3.8) is 0 Å². The highest BCUT2D eigenvalue weighted by atomic mass is 35.5. The molecule has 28 heavy (non-hydrogen) atoms. The number of aromatic nitrogens is 2. The maximum absolute atomic E-state index is 13.0. The summed E-state index contributed by atoms with van der Waals surface area (Å²) in [6.45, 7) is 4.12. The number of carbonyl (C=O) groups is 1. The Morgan fingerprint density at radius 3 is 2.86 bits per heavy atom. The molecule has 0 spiro atoms. The number of aryl methyl sites for hydroxylation is 2. The number of hydrogen-bond acceptors (Lipinski definition) is 5. The van der Waals surface area contributed by atoms with Crippen LogP contribution in [-0.4, -0.2) is 34.6 Å². The van der Waals surface area contributed by atoms with Crippen molar-refractivity contribution in [3.05, 3.63) is 51.9 Å². The van der Waals surface area contributed by atoms with Gasteiger partial charge in [0.25, 0.3) is 5.56 Å². The molecule has 148 valence electrons. The molecule has 1 aromatic carbocycles. The zero-order chi connectivity index (χ0) is 18.8. The lowest BCUT2D eigenvalue weighted by Gasteiger charge is -2.11. The molecule has 1 atom stereocenters. The number of benzene rings is 1. The number of carbonyl (C=O) groups excluding carboxylic acids is 1. The van der Waals surface area contributed by atoms with E-state index >= 15 is 0 Å². The summed E-state index contributed by atoms with van der Waals surface area (Å²) < 4.78 is 1.54. The molecule has 1 aliphatic heterocycles. The van der Waals surface area contributed by atoms with Crippen LogP contribution in [0, 0.1) is 6.92 Å². The monoisotopic (exact) mass is 418 g/mol. The van der Waals surface area contributed by atoms with Crippen LogP contribution in [0.4, 0.5) is 0 Å². The van der Waals surface area contributed by atoms with Crippen LogP contribution >= 0.6 is 23.7 Å². The highest BCUT2D eigenvalue weighted by Gasteiger charge is 2.17. The van der Waals surface area contributed by atoms with Crippen LogP contribution in [0.3, 0.4) is 0 Å². The van der Waals surface area contributed by atoms with Crippen molar-refractivity contribution in [1.82, 2.24) is 20.2 Å². The van der Waals surface area contributed by atoms with Crippen LogP contribution in [0.1, 0.15) is 18.4 Å². The minimum Gasteiger partial charge on any atom is -0.352 e. The van der Waals surface area contributed by atoms with Crippen molar-refractivity contribution >= 4 is 39.9 Å². The molecule has 2 aromatic heterocycles. The van der Waals surface area contributed by atoms with E-state index in [9.17, 15) is 9.59 Å². The van der Waals surface area contributed by atoms with E-state index in [0.717, 1.165) is 35.5 Å². The van der Waals surface area contributed by atoms with Crippen LogP contribution in [0.2, 0.25) is 0 Å². The topological polar surface area (TPSA) is 76.0 Å². The summed E-state index contributed by atoms with van der Waals surface area (Å²) in [5, 5.41) is 8.84. The summed E-state index contributed by atoms with van der Waals surface area (Å²) in [5.41, 5.74) is 3.00. The maximum Gasteiger partial charge on any atom is 0.262 e. The summed E-state index contributed by atoms with van der Waals surface area (Å²) in [7, 11) is 0. The molecule has 0 bridgehead atoms. The number of fused-ring (bicyclic) bond motifs is 1. The van der Waals surface area contributed by atoms with E-state index in [2.05, 4.69) is 15.6 Å². The fraction of sp³-hybridized carbons (Fsp3) is 0.350. The number of hydrogen-bond donors (Lipinski definition) is 2. The predicted octanol–water partition coefficient (Wildman–Crippen LogP) is 2.72. The Kier molecular flexibility index (Phi) is 6.49. The first-order valence-electron chi connectivity index (χ1n) is 9.15. The number of nitrogens with one attached hydrogen (secondary N) is 2. The standard InChI is InChI=1S/C20H22N4O2S.ClH/c1-13-2-4-14(5-3-13)16-11-27-19-18(16)20(26)24(12-22-19)9-7-17(25)23-15-6-8-21-10-15;/h2-5,11-12,15,21H,6-10H2,1H3,(H,23,25);1H. The van der Waals surface area contributed by atoms with E-state index in [1.165, 1.54) is 16.9 Å². The molecule has 8 heteroatoms. The Balaban J connectivity index is 0.00000225. The van der Waals surface area contributed by atoms with Gasteiger partial charge in [0, 0.05) is 36.5 Å². The van der Waals surface area contributed by atoms with Crippen LogP contribution in [0.15, 0.2) is 40.8 Å². The molecule has 0 aliphatic carbocycles. The van der Waals surface area contributed by atoms with E-state index in [-0.39, 0.29) is 36.3 Å². The van der Waals surface area contributed by atoms with E-state index in [1.807, 2.05) is 36.6 Å². The van der Waals surface area contributed by atoms with Crippen LogP contribution < -0.4 is 16.2 Å². The third-order valence-corrected chi connectivity index (χ3v) is 5.81. The maximum atomic E-state index is 13.0. The van der Waals surface area contributed by atoms with E-state index in [0.29, 0.717) is 11.9 Å². The summed E-state index contributed by atoms with van der Waals surface area (Å²) >= 11 is 1.47. The van der Waals surface area contributed by atoms with Gasteiger partial charge in [-0.05, 0) is 25.5 Å². The lowest BCUT2D eigenvalue weighted by Crippen LogP contribution is -2.37. The number of halogens is 1. The average Bonchev–Trinajstić information content (AvgIpc) is 3.32. The third-order valence-electron chi connectivity index (χ3n) is 4.93. The molecule has 1 aliphatic rings. The van der Waals surface area contributed by atoms with Gasteiger partial charge in [0.15, 0.2) is 0 Å². The SMILES string of the molecule is Cc1ccc(-c2csc3ncn(CCC(=O)NC4CCNC4)c(=O)c23)cc1.Cl. The van der Waals surface area contributed by atoms with E-state index < -0.39 is 0 Å². The summed E-state index contributed by atoms with van der Waals surface area (Å²) in [6, 6.07) is 8.32. The van der Waals surface area contributed by atoms with Crippen LogP contribution in [-0.2, 0) is 11.3 Å². The van der Waals surface area contributed by atoms with Gasteiger partial charge in [-0.3, -0.25) is 14.2 Å². The Hall–Kier alpha value is -2.22. The van der Waals surface area contributed by atoms with Crippen molar-refractivity contribution in [2.24, 2.45) is 0 Å². The average molecular weight is 419 g/mol. The molecule has 4 rings (SSSR count). The molecule has 3 aromatic rings. The van der Waals surface area contributed by atoms with Gasteiger partial charge in [0.2, 0.25) is 5.91 Å². The molecular weight excluding hydrogens is 396 g/mol. The van der Waals surface area contributed by atoms with Gasteiger partial charge in [0.05, 0.1) is 11.7 Å². The van der Waals surface area contributed by atoms with Crippen molar-refractivity contribution in [2.45, 2.75) is 32.4 Å². The molecule has 0 saturated carbocycles. The Morgan fingerprint density at radius 1 is 1.36 bits per heavy atom. The molecule has 6 nitrogen and oxygen atoms in total. The molecule has 1 unspecified atom stereocenters. The fourth-order valence-corrected chi connectivity index (χ4v) is 4.28. The smallest absolute Gasteiger partial charge is 0.262 e. The summed E-state index contributed by atoms with van der Waals surface area (Å²) in [5.74, 6) is -0.0280. The van der Waals surface area contributed by atoms with E-state index in [1.54, 1.807) is 10.9 Å². The molecule has 1 saturated heterocycles. The Morgan fingerprint density at radius 2 is 2.14 bits per heavy atom. The molecule has 1 fully saturated rings. The van der Waals surface area contributed by atoms with Crippen molar-refractivity contribution in [2.75, 3.05) is 13.1 Å². The second-order valence-electron chi connectivity index (χ2n) is 6.95. The zero-order valence-corrected chi connectivity index (χ0v) is 17.2. The molecular formula is C20H23ClN4O2S. The lowest BCUT2D eigenvalue weighted by molar-refractivity contribution is -0.121. The highest BCUT2D eigenvalue weighted by Crippen LogP contribution is 2.30. The van der Waals surface area contributed by atoms with Gasteiger partial charge in [-0.25, -0.2) is 4.98 Å². The first-order chi connectivity index (χ1) is 13.1. The summed E-state index contributed by atoms with van der Waals surface area (Å²) in [6.07, 6.45) is 2.77. The second kappa shape index (κ2) is 8.86. The molecule has 3 heterocycles. The predicted molar refractivity (Wildman–Crippen MR) is 115 cm³/mol. The van der Waals surface area contributed by atoms with Crippen molar-refractivity contribution < 1.29 is 4.79 Å². The number of nitrogens with zero attached hydrogens (tertiary/aromatic N) is 2. The van der Waals surface area contributed by atoms with Crippen molar-refractivity contribution in [1.29, 1.82) is 0 Å². The minimum absolute atomic E-state index is 0. The third kappa shape index (κ3) is 4.27. The summed E-state index contributed by atoms with van der Waals surface area (Å²) in [4.78, 5) is 30.3. The molecule has 1 amide bonds. The van der Waals surface area contributed by atoms with Gasteiger partial charge in [-0.15, -0.1) is 23.7 Å². The first-order valence-corrected chi connectivity index (χ1v) is 10.0. The molecule has 0 radical (unpaired) electrons. The highest BCUT2D eigenvalue weighted by molar-refractivity contribution is 7.17. The first kappa shape index (κ1) is 20.5. The second-order valence-corrected chi connectivity index (χ2v) is 7.80. The fourth-order valence-electron chi connectivity index (χ4n) is 3.37. The molecule has 2 N–H and O–H groups in total. The number of thiophene rings is 1. The van der Waals surface area contributed by atoms with Gasteiger partial charge in [-0.1, -0.05) is 29.8 Å². The Labute approximate surface area is 173 Å². The zero-order valence-electron chi connectivity index (χ0n) is 15.6. The quantitative estimate of drug-likeness (QED) is 0.668. The normalized spacial score (nSPS) is 16.1. The largest absolute Gasteiger partial charge is 0.352 e. The number of amides is 1.